The summed E-state index contributed by atoms with van der Waals surface area (Å²) < 4.78 is 21.6. The Kier molecular flexibility index (Phi) is 4.48. The standard InChI is InChI=1S/C18H16N2O3S/c19-18-17(14-5-7-16(21)8-6-14)9-15(10-20-18)13-3-1-12(2-4-13)11-24(22)23/h1-10,21,24H,11H2,(H2,19,20). The second-order valence-corrected chi connectivity index (χ2v) is 6.37. The fourth-order valence-electron chi connectivity index (χ4n) is 2.46. The fraction of sp³-hybridized carbons (Fsp3) is 0.0556. The Hall–Kier alpha value is -2.86. The lowest BCUT2D eigenvalue weighted by molar-refractivity contribution is 0.475. The first-order valence-corrected chi connectivity index (χ1v) is 8.65. The molecule has 2 aromatic carbocycles. The van der Waals surface area contributed by atoms with Crippen LogP contribution in [0, 0.1) is 0 Å². The number of nitrogens with two attached hydrogens (primary N) is 1. The molecule has 24 heavy (non-hydrogen) atoms. The number of aromatic nitrogens is 1. The largest absolute Gasteiger partial charge is 0.508 e. The third-order valence-electron chi connectivity index (χ3n) is 3.70. The van der Waals surface area contributed by atoms with E-state index in [2.05, 4.69) is 4.98 Å². The van der Waals surface area contributed by atoms with Gasteiger partial charge in [0.05, 0.1) is 5.75 Å². The molecule has 0 aliphatic rings. The minimum absolute atomic E-state index is 0.0361. The van der Waals surface area contributed by atoms with E-state index in [1.165, 1.54) is 0 Å². The van der Waals surface area contributed by atoms with Crippen molar-refractivity contribution in [2.45, 2.75) is 5.75 Å². The summed E-state index contributed by atoms with van der Waals surface area (Å²) >= 11 is 0. The van der Waals surface area contributed by atoms with Gasteiger partial charge >= 0.3 is 0 Å². The van der Waals surface area contributed by atoms with Gasteiger partial charge in [0.1, 0.15) is 22.3 Å². The number of phenolic OH excluding ortho intramolecular Hbond substituents is 1. The average Bonchev–Trinajstić information content (AvgIpc) is 2.56. The molecular formula is C18H16N2O3S. The number of pyridine rings is 1. The quantitative estimate of drug-likeness (QED) is 0.635. The van der Waals surface area contributed by atoms with Crippen LogP contribution in [0.3, 0.4) is 0 Å². The van der Waals surface area contributed by atoms with Crippen LogP contribution in [0.5, 0.6) is 5.75 Å². The zero-order chi connectivity index (χ0) is 17.1. The highest BCUT2D eigenvalue weighted by Gasteiger charge is 2.07. The number of aromatic hydroxyl groups is 1. The first-order valence-electron chi connectivity index (χ1n) is 7.29. The van der Waals surface area contributed by atoms with Crippen LogP contribution in [0.1, 0.15) is 5.56 Å². The number of phenols is 1. The number of anilines is 1. The molecule has 3 rings (SSSR count). The van der Waals surface area contributed by atoms with Crippen molar-refractivity contribution in [2.24, 2.45) is 0 Å². The van der Waals surface area contributed by atoms with Crippen molar-refractivity contribution in [2.75, 3.05) is 5.73 Å². The summed E-state index contributed by atoms with van der Waals surface area (Å²) in [6.45, 7) is 0. The summed E-state index contributed by atoms with van der Waals surface area (Å²) in [5, 5.41) is 9.40. The lowest BCUT2D eigenvalue weighted by atomic mass is 10.0. The van der Waals surface area contributed by atoms with Crippen molar-refractivity contribution < 1.29 is 13.5 Å². The number of hydrogen-bond donors (Lipinski definition) is 3. The number of rotatable bonds is 4. The van der Waals surface area contributed by atoms with Gasteiger partial charge in [-0.05, 0) is 34.9 Å². The third-order valence-corrected chi connectivity index (χ3v) is 4.32. The van der Waals surface area contributed by atoms with E-state index in [9.17, 15) is 13.5 Å². The van der Waals surface area contributed by atoms with Gasteiger partial charge in [0.15, 0.2) is 0 Å². The molecule has 0 radical (unpaired) electrons. The normalized spacial score (nSPS) is 10.9. The van der Waals surface area contributed by atoms with Crippen LogP contribution in [0.15, 0.2) is 60.8 Å². The van der Waals surface area contributed by atoms with E-state index in [1.54, 1.807) is 42.6 Å². The van der Waals surface area contributed by atoms with Crippen molar-refractivity contribution in [1.82, 2.24) is 4.98 Å². The highest BCUT2D eigenvalue weighted by molar-refractivity contribution is 7.71. The zero-order valence-corrected chi connectivity index (χ0v) is 13.6. The van der Waals surface area contributed by atoms with Gasteiger partial charge in [0.25, 0.3) is 0 Å². The summed E-state index contributed by atoms with van der Waals surface area (Å²) in [5.41, 5.74) is 10.2. The van der Waals surface area contributed by atoms with Crippen molar-refractivity contribution in [3.63, 3.8) is 0 Å². The highest BCUT2D eigenvalue weighted by Crippen LogP contribution is 2.30. The molecular weight excluding hydrogens is 324 g/mol. The Bertz CT molecular complexity index is 925. The summed E-state index contributed by atoms with van der Waals surface area (Å²) in [4.78, 5) is 4.24. The van der Waals surface area contributed by atoms with E-state index < -0.39 is 10.7 Å². The van der Waals surface area contributed by atoms with E-state index in [0.29, 0.717) is 5.82 Å². The fourth-order valence-corrected chi connectivity index (χ4v) is 2.97. The Balaban J connectivity index is 1.97. The van der Waals surface area contributed by atoms with Gasteiger partial charge in [-0.3, -0.25) is 0 Å². The van der Waals surface area contributed by atoms with E-state index in [-0.39, 0.29) is 11.5 Å². The van der Waals surface area contributed by atoms with Crippen LogP contribution in [0.25, 0.3) is 22.3 Å². The van der Waals surface area contributed by atoms with Crippen LogP contribution < -0.4 is 5.73 Å². The van der Waals surface area contributed by atoms with Gasteiger partial charge in [-0.2, -0.15) is 0 Å². The molecule has 0 saturated carbocycles. The minimum Gasteiger partial charge on any atom is -0.508 e. The SMILES string of the molecule is Nc1ncc(-c2ccc(C[SH](=O)=O)cc2)cc1-c1ccc(O)cc1. The topological polar surface area (TPSA) is 93.3 Å². The molecule has 5 nitrogen and oxygen atoms in total. The van der Waals surface area contributed by atoms with Crippen LogP contribution >= 0.6 is 0 Å². The monoisotopic (exact) mass is 340 g/mol. The number of hydrogen-bond acceptors (Lipinski definition) is 5. The Labute approximate surface area is 141 Å². The van der Waals surface area contributed by atoms with Crippen LogP contribution in [-0.2, 0) is 16.5 Å². The lowest BCUT2D eigenvalue weighted by Crippen LogP contribution is -1.95. The molecule has 0 aliphatic heterocycles. The van der Waals surface area contributed by atoms with E-state index in [1.807, 2.05) is 18.2 Å². The molecule has 0 amide bonds. The maximum Gasteiger partial charge on any atom is 0.144 e. The molecule has 3 N–H and O–H groups in total. The Morgan fingerprint density at radius 2 is 1.54 bits per heavy atom. The highest BCUT2D eigenvalue weighted by atomic mass is 32.2. The Morgan fingerprint density at radius 3 is 2.17 bits per heavy atom. The first-order chi connectivity index (χ1) is 11.5. The van der Waals surface area contributed by atoms with E-state index in [4.69, 9.17) is 5.73 Å². The molecule has 0 unspecified atom stereocenters. The van der Waals surface area contributed by atoms with Gasteiger partial charge in [-0.25, -0.2) is 13.4 Å². The van der Waals surface area contributed by atoms with E-state index in [0.717, 1.165) is 27.8 Å². The molecule has 1 heterocycles. The summed E-state index contributed by atoms with van der Waals surface area (Å²) in [6.07, 6.45) is 1.68. The molecule has 3 aromatic rings. The molecule has 0 fully saturated rings. The van der Waals surface area contributed by atoms with Crippen molar-refractivity contribution in [3.8, 4) is 28.0 Å². The predicted octanol–water partition coefficient (Wildman–Crippen LogP) is 2.81. The van der Waals surface area contributed by atoms with Crippen LogP contribution in [-0.4, -0.2) is 18.5 Å². The Morgan fingerprint density at radius 1 is 0.917 bits per heavy atom. The average molecular weight is 340 g/mol. The van der Waals surface area contributed by atoms with Crippen LogP contribution in [0.2, 0.25) is 0 Å². The molecule has 0 atom stereocenters. The van der Waals surface area contributed by atoms with Crippen molar-refractivity contribution >= 4 is 16.5 Å². The van der Waals surface area contributed by atoms with Crippen LogP contribution in [0.4, 0.5) is 5.82 Å². The van der Waals surface area contributed by atoms with Gasteiger partial charge in [0, 0.05) is 17.3 Å². The van der Waals surface area contributed by atoms with Gasteiger partial charge in [-0.15, -0.1) is 0 Å². The van der Waals surface area contributed by atoms with Crippen molar-refractivity contribution in [3.05, 3.63) is 66.4 Å². The van der Waals surface area contributed by atoms with Gasteiger partial charge in [-0.1, -0.05) is 36.4 Å². The minimum atomic E-state index is -2.43. The smallest absolute Gasteiger partial charge is 0.144 e. The van der Waals surface area contributed by atoms with Crippen molar-refractivity contribution in [1.29, 1.82) is 0 Å². The number of nitrogens with zero attached hydrogens (tertiary/aromatic N) is 1. The molecule has 122 valence electrons. The summed E-state index contributed by atoms with van der Waals surface area (Å²) in [7, 11) is -2.43. The van der Waals surface area contributed by atoms with E-state index >= 15 is 0 Å². The third kappa shape index (κ3) is 3.55. The maximum atomic E-state index is 10.8. The second kappa shape index (κ2) is 6.72. The maximum absolute atomic E-state index is 10.8. The first kappa shape index (κ1) is 16.0. The number of thiol groups is 1. The summed E-state index contributed by atoms with van der Waals surface area (Å²) in [5.74, 6) is 0.632. The lowest BCUT2D eigenvalue weighted by Gasteiger charge is -2.09. The molecule has 0 spiro atoms. The predicted molar refractivity (Wildman–Crippen MR) is 95.2 cm³/mol. The van der Waals surface area contributed by atoms with Gasteiger partial charge < -0.3 is 10.8 Å². The second-order valence-electron chi connectivity index (χ2n) is 5.39. The zero-order valence-electron chi connectivity index (χ0n) is 12.7. The molecule has 0 saturated heterocycles. The molecule has 0 aliphatic carbocycles. The van der Waals surface area contributed by atoms with Gasteiger partial charge in [0.2, 0.25) is 0 Å². The summed E-state index contributed by atoms with van der Waals surface area (Å²) in [6, 6.07) is 16.0. The molecule has 0 bridgehead atoms. The molecule has 1 aromatic heterocycles. The molecule has 6 heteroatoms. The number of benzene rings is 2. The number of nitrogen functional groups attached to an aromatic ring is 1.